The number of carbonyl (C=O) groups excluding carboxylic acids is 1. The van der Waals surface area contributed by atoms with Gasteiger partial charge in [-0.3, -0.25) is 4.79 Å². The number of anilines is 1. The molecule has 9 nitrogen and oxygen atoms in total. The van der Waals surface area contributed by atoms with Crippen LogP contribution in [0.5, 0.6) is 5.75 Å². The van der Waals surface area contributed by atoms with Crippen LogP contribution < -0.4 is 9.64 Å². The third kappa shape index (κ3) is 4.86. The standard InChI is InChI=1S/C23H24N6O3/c1-2-21-26-20(27-32-21)16-31-19-8-6-17(7-9-19)23(30)29-12-4-11-28(13-14-29)22-18(15-24)5-3-10-25-22/h3,5-10H,2,4,11-14,16H2,1H3. The van der Waals surface area contributed by atoms with Gasteiger partial charge in [0.2, 0.25) is 11.7 Å². The molecule has 164 valence electrons. The molecule has 1 aliphatic rings. The normalized spacial score (nSPS) is 14.0. The maximum Gasteiger partial charge on any atom is 0.253 e. The lowest BCUT2D eigenvalue weighted by molar-refractivity contribution is 0.0767. The van der Waals surface area contributed by atoms with Crippen LogP contribution in [0.4, 0.5) is 5.82 Å². The minimum atomic E-state index is -0.0225. The van der Waals surface area contributed by atoms with E-state index in [4.69, 9.17) is 9.26 Å². The molecule has 4 rings (SSSR count). The van der Waals surface area contributed by atoms with Crippen LogP contribution in [-0.4, -0.2) is 52.1 Å². The molecule has 1 fully saturated rings. The first-order chi connectivity index (χ1) is 15.7. The lowest BCUT2D eigenvalue weighted by Crippen LogP contribution is -2.35. The van der Waals surface area contributed by atoms with Crippen LogP contribution in [-0.2, 0) is 13.0 Å². The third-order valence-corrected chi connectivity index (χ3v) is 5.27. The Hall–Kier alpha value is -3.93. The van der Waals surface area contributed by atoms with E-state index in [9.17, 15) is 10.1 Å². The van der Waals surface area contributed by atoms with Gasteiger partial charge in [0.25, 0.3) is 5.91 Å². The number of nitriles is 1. The number of benzene rings is 1. The second kappa shape index (κ2) is 9.92. The van der Waals surface area contributed by atoms with E-state index in [1.54, 1.807) is 42.6 Å². The largest absolute Gasteiger partial charge is 0.485 e. The molecule has 3 aromatic rings. The zero-order chi connectivity index (χ0) is 22.3. The predicted molar refractivity (Wildman–Crippen MR) is 116 cm³/mol. The van der Waals surface area contributed by atoms with Gasteiger partial charge in [-0.15, -0.1) is 0 Å². The molecule has 0 aliphatic carbocycles. The Morgan fingerprint density at radius 2 is 2.03 bits per heavy atom. The number of amides is 1. The molecule has 0 unspecified atom stereocenters. The predicted octanol–water partition coefficient (Wildman–Crippen LogP) is 2.83. The van der Waals surface area contributed by atoms with E-state index in [2.05, 4.69) is 26.1 Å². The molecule has 0 spiro atoms. The van der Waals surface area contributed by atoms with Gasteiger partial charge in [0.1, 0.15) is 17.6 Å². The number of rotatable bonds is 6. The summed E-state index contributed by atoms with van der Waals surface area (Å²) in [6, 6.07) is 12.8. The van der Waals surface area contributed by atoms with E-state index in [1.165, 1.54) is 0 Å². The molecule has 1 saturated heterocycles. The molecule has 0 N–H and O–H groups in total. The molecule has 0 saturated carbocycles. The van der Waals surface area contributed by atoms with Crippen molar-refractivity contribution in [1.29, 1.82) is 5.26 Å². The van der Waals surface area contributed by atoms with E-state index in [-0.39, 0.29) is 12.5 Å². The minimum Gasteiger partial charge on any atom is -0.485 e. The summed E-state index contributed by atoms with van der Waals surface area (Å²) in [6.45, 7) is 4.74. The maximum absolute atomic E-state index is 13.0. The minimum absolute atomic E-state index is 0.0225. The molecule has 3 heterocycles. The lowest BCUT2D eigenvalue weighted by Gasteiger charge is -2.23. The van der Waals surface area contributed by atoms with E-state index >= 15 is 0 Å². The van der Waals surface area contributed by atoms with Gasteiger partial charge in [0, 0.05) is 44.4 Å². The van der Waals surface area contributed by atoms with Crippen molar-refractivity contribution < 1.29 is 14.1 Å². The number of nitrogens with zero attached hydrogens (tertiary/aromatic N) is 6. The number of hydrogen-bond donors (Lipinski definition) is 0. The fourth-order valence-electron chi connectivity index (χ4n) is 3.59. The number of carbonyl (C=O) groups is 1. The van der Waals surface area contributed by atoms with Crippen LogP contribution in [0.25, 0.3) is 0 Å². The number of hydrogen-bond acceptors (Lipinski definition) is 8. The zero-order valence-electron chi connectivity index (χ0n) is 17.9. The topological polar surface area (TPSA) is 108 Å². The Labute approximate surface area is 186 Å². The summed E-state index contributed by atoms with van der Waals surface area (Å²) in [6.07, 6.45) is 3.17. The molecule has 2 aromatic heterocycles. The zero-order valence-corrected chi connectivity index (χ0v) is 17.9. The highest BCUT2D eigenvalue weighted by molar-refractivity contribution is 5.94. The first-order valence-corrected chi connectivity index (χ1v) is 10.6. The number of aryl methyl sites for hydroxylation is 1. The fourth-order valence-corrected chi connectivity index (χ4v) is 3.59. The summed E-state index contributed by atoms with van der Waals surface area (Å²) in [7, 11) is 0. The first kappa shape index (κ1) is 21.3. The molecule has 9 heteroatoms. The van der Waals surface area contributed by atoms with Gasteiger partial charge >= 0.3 is 0 Å². The summed E-state index contributed by atoms with van der Waals surface area (Å²) in [5, 5.41) is 13.2. The molecule has 1 amide bonds. The van der Waals surface area contributed by atoms with E-state index in [1.807, 2.05) is 11.8 Å². The molecule has 1 aromatic carbocycles. The average molecular weight is 432 g/mol. The van der Waals surface area contributed by atoms with Gasteiger partial charge in [0.15, 0.2) is 6.61 Å². The third-order valence-electron chi connectivity index (χ3n) is 5.27. The first-order valence-electron chi connectivity index (χ1n) is 10.6. The van der Waals surface area contributed by atoms with Gasteiger partial charge in [-0.1, -0.05) is 12.1 Å². The van der Waals surface area contributed by atoms with Gasteiger partial charge < -0.3 is 19.1 Å². The van der Waals surface area contributed by atoms with Crippen LogP contribution >= 0.6 is 0 Å². The highest BCUT2D eigenvalue weighted by Crippen LogP contribution is 2.20. The second-order valence-corrected chi connectivity index (χ2v) is 7.39. The molecular weight excluding hydrogens is 408 g/mol. The van der Waals surface area contributed by atoms with Crippen LogP contribution in [0.1, 0.15) is 41.0 Å². The lowest BCUT2D eigenvalue weighted by atomic mass is 10.2. The summed E-state index contributed by atoms with van der Waals surface area (Å²) in [5.74, 6) is 2.35. The van der Waals surface area contributed by atoms with Crippen molar-refractivity contribution in [2.24, 2.45) is 0 Å². The van der Waals surface area contributed by atoms with Crippen molar-refractivity contribution >= 4 is 11.7 Å². The van der Waals surface area contributed by atoms with Crippen LogP contribution in [0.15, 0.2) is 47.1 Å². The SMILES string of the molecule is CCc1nc(COc2ccc(C(=O)N3CCCN(c4ncccc4C#N)CC3)cc2)no1. The molecule has 32 heavy (non-hydrogen) atoms. The van der Waals surface area contributed by atoms with Gasteiger partial charge in [-0.05, 0) is 42.8 Å². The van der Waals surface area contributed by atoms with Gasteiger partial charge in [-0.2, -0.15) is 10.2 Å². The van der Waals surface area contributed by atoms with Crippen molar-refractivity contribution in [3.05, 3.63) is 65.4 Å². The van der Waals surface area contributed by atoms with E-state index < -0.39 is 0 Å². The Morgan fingerprint density at radius 3 is 2.78 bits per heavy atom. The number of aromatic nitrogens is 3. The number of ether oxygens (including phenoxy) is 1. The van der Waals surface area contributed by atoms with Crippen LogP contribution in [0.3, 0.4) is 0 Å². The molecule has 0 bridgehead atoms. The monoisotopic (exact) mass is 432 g/mol. The molecule has 0 atom stereocenters. The van der Waals surface area contributed by atoms with Crippen molar-refractivity contribution in [3.63, 3.8) is 0 Å². The molecular formula is C23H24N6O3. The quantitative estimate of drug-likeness (QED) is 0.585. The second-order valence-electron chi connectivity index (χ2n) is 7.39. The fraction of sp³-hybridized carbons (Fsp3) is 0.348. The Morgan fingerprint density at radius 1 is 1.19 bits per heavy atom. The Kier molecular flexibility index (Phi) is 6.60. The highest BCUT2D eigenvalue weighted by atomic mass is 16.5. The maximum atomic E-state index is 13.0. The van der Waals surface area contributed by atoms with Crippen molar-refractivity contribution in [3.8, 4) is 11.8 Å². The summed E-state index contributed by atoms with van der Waals surface area (Å²) in [5.41, 5.74) is 1.16. The van der Waals surface area contributed by atoms with Crippen molar-refractivity contribution in [2.45, 2.75) is 26.4 Å². The highest BCUT2D eigenvalue weighted by Gasteiger charge is 2.22. The van der Waals surface area contributed by atoms with Gasteiger partial charge in [-0.25, -0.2) is 4.98 Å². The Bertz CT molecular complexity index is 1110. The van der Waals surface area contributed by atoms with Crippen molar-refractivity contribution in [1.82, 2.24) is 20.0 Å². The Balaban J connectivity index is 1.35. The summed E-state index contributed by atoms with van der Waals surface area (Å²) in [4.78, 5) is 25.5. The van der Waals surface area contributed by atoms with Crippen LogP contribution in [0.2, 0.25) is 0 Å². The summed E-state index contributed by atoms with van der Waals surface area (Å²) < 4.78 is 10.7. The molecule has 0 radical (unpaired) electrons. The van der Waals surface area contributed by atoms with E-state index in [0.717, 1.165) is 13.0 Å². The smallest absolute Gasteiger partial charge is 0.253 e. The summed E-state index contributed by atoms with van der Waals surface area (Å²) >= 11 is 0. The van der Waals surface area contributed by atoms with Crippen molar-refractivity contribution in [2.75, 3.05) is 31.1 Å². The number of pyridine rings is 1. The molecule has 1 aliphatic heterocycles. The van der Waals surface area contributed by atoms with E-state index in [0.29, 0.717) is 60.5 Å². The average Bonchev–Trinajstić information content (AvgIpc) is 3.17. The van der Waals surface area contributed by atoms with Gasteiger partial charge in [0.05, 0.1) is 5.56 Å². The van der Waals surface area contributed by atoms with Crippen LogP contribution in [0, 0.1) is 11.3 Å².